The minimum atomic E-state index is -0.194. The zero-order valence-corrected chi connectivity index (χ0v) is 6.86. The van der Waals surface area contributed by atoms with Gasteiger partial charge in [0.25, 0.3) is 0 Å². The number of ether oxygens (including phenoxy) is 2. The van der Waals surface area contributed by atoms with Gasteiger partial charge in [-0.3, -0.25) is 0 Å². The molecule has 0 saturated carbocycles. The second kappa shape index (κ2) is 2.92. The lowest BCUT2D eigenvalue weighted by Crippen LogP contribution is -2.31. The van der Waals surface area contributed by atoms with Crippen LogP contribution in [-0.4, -0.2) is 14.1 Å². The highest BCUT2D eigenvalue weighted by atomic mass is 16.9. The van der Waals surface area contributed by atoms with Crippen molar-refractivity contribution < 1.29 is 9.47 Å². The Morgan fingerprint density at radius 3 is 2.25 bits per heavy atom. The number of benzene rings is 1. The van der Waals surface area contributed by atoms with Gasteiger partial charge in [0.1, 0.15) is 7.85 Å². The molecular weight excluding hydrogens is 151 g/mol. The van der Waals surface area contributed by atoms with Gasteiger partial charge in [0.15, 0.2) is 12.6 Å². The first-order valence-corrected chi connectivity index (χ1v) is 3.92. The molecule has 0 N–H and O–H groups in total. The van der Waals surface area contributed by atoms with E-state index in [0.717, 1.165) is 11.0 Å². The molecule has 12 heavy (non-hydrogen) atoms. The monoisotopic (exact) mass is 160 g/mol. The van der Waals surface area contributed by atoms with Crippen LogP contribution in [0.4, 0.5) is 0 Å². The Balaban J connectivity index is 2.09. The lowest BCUT2D eigenvalue weighted by molar-refractivity contribution is -0.382. The molecule has 1 aliphatic rings. The molecule has 0 unspecified atom stereocenters. The summed E-state index contributed by atoms with van der Waals surface area (Å²) >= 11 is 0. The summed E-state index contributed by atoms with van der Waals surface area (Å²) in [5.41, 5.74) is 1.77. The van der Waals surface area contributed by atoms with Gasteiger partial charge in [0, 0.05) is 5.56 Å². The van der Waals surface area contributed by atoms with Crippen molar-refractivity contribution in [3.8, 4) is 0 Å². The van der Waals surface area contributed by atoms with E-state index < -0.39 is 0 Å². The maximum atomic E-state index is 5.53. The van der Waals surface area contributed by atoms with Gasteiger partial charge in [-0.25, -0.2) is 0 Å². The Kier molecular flexibility index (Phi) is 1.91. The van der Waals surface area contributed by atoms with E-state index in [1.165, 1.54) is 0 Å². The van der Waals surface area contributed by atoms with Gasteiger partial charge in [0.2, 0.25) is 0 Å². The van der Waals surface area contributed by atoms with Gasteiger partial charge in [0.05, 0.1) is 0 Å². The highest BCUT2D eigenvalue weighted by Crippen LogP contribution is 2.30. The van der Waals surface area contributed by atoms with E-state index in [-0.39, 0.29) is 12.6 Å². The molecule has 0 aromatic heterocycles. The first kappa shape index (κ1) is 7.83. The molecule has 1 heterocycles. The van der Waals surface area contributed by atoms with Crippen LogP contribution in [0, 0.1) is 0 Å². The molecule has 2 rings (SSSR count). The van der Waals surface area contributed by atoms with Crippen LogP contribution in [0.2, 0.25) is 0 Å². The summed E-state index contributed by atoms with van der Waals surface area (Å²) in [6, 6.07) is 7.49. The van der Waals surface area contributed by atoms with Crippen molar-refractivity contribution in [2.24, 2.45) is 0 Å². The van der Waals surface area contributed by atoms with Crippen LogP contribution in [0.1, 0.15) is 18.8 Å². The molecule has 0 atom stereocenters. The molecule has 1 aromatic rings. The SMILES string of the molecule is [B]c1ccc(C2OC(C)O2)cc1. The summed E-state index contributed by atoms with van der Waals surface area (Å²) in [6.45, 7) is 1.87. The fourth-order valence-electron chi connectivity index (χ4n) is 1.17. The van der Waals surface area contributed by atoms with E-state index in [1.54, 1.807) is 0 Å². The standard InChI is InChI=1S/C9H9BO2/c1-6-11-9(12-6)7-2-4-8(10)5-3-7/h2-6,9H,1H3. The number of hydrogen-bond donors (Lipinski definition) is 0. The lowest BCUT2D eigenvalue weighted by Gasteiger charge is -2.33. The lowest BCUT2D eigenvalue weighted by atomic mass is 9.95. The molecule has 60 valence electrons. The van der Waals surface area contributed by atoms with Crippen LogP contribution in [0.15, 0.2) is 24.3 Å². The van der Waals surface area contributed by atoms with E-state index in [4.69, 9.17) is 17.3 Å². The minimum absolute atomic E-state index is 0.0763. The summed E-state index contributed by atoms with van der Waals surface area (Å²) in [4.78, 5) is 0. The second-order valence-electron chi connectivity index (χ2n) is 2.84. The smallest absolute Gasteiger partial charge is 0.189 e. The molecule has 0 bridgehead atoms. The van der Waals surface area contributed by atoms with Crippen molar-refractivity contribution in [2.45, 2.75) is 19.5 Å². The van der Waals surface area contributed by atoms with Gasteiger partial charge in [-0.15, -0.1) is 0 Å². The molecule has 0 spiro atoms. The van der Waals surface area contributed by atoms with Crippen LogP contribution < -0.4 is 5.46 Å². The first-order valence-electron chi connectivity index (χ1n) is 3.92. The maximum Gasteiger partial charge on any atom is 0.189 e. The molecule has 2 radical (unpaired) electrons. The molecule has 1 saturated heterocycles. The van der Waals surface area contributed by atoms with Crippen LogP contribution in [0.25, 0.3) is 0 Å². The average Bonchev–Trinajstić information content (AvgIpc) is 2.01. The fourth-order valence-corrected chi connectivity index (χ4v) is 1.17. The molecule has 1 fully saturated rings. The summed E-state index contributed by atoms with van der Waals surface area (Å²) in [7, 11) is 5.53. The summed E-state index contributed by atoms with van der Waals surface area (Å²) in [6.07, 6.45) is -0.270. The third-order valence-electron chi connectivity index (χ3n) is 1.84. The van der Waals surface area contributed by atoms with Gasteiger partial charge in [-0.1, -0.05) is 29.7 Å². The van der Waals surface area contributed by atoms with Crippen molar-refractivity contribution in [1.29, 1.82) is 0 Å². The number of hydrogen-bond acceptors (Lipinski definition) is 2. The highest BCUT2D eigenvalue weighted by molar-refractivity contribution is 6.32. The van der Waals surface area contributed by atoms with Crippen LogP contribution in [0.3, 0.4) is 0 Å². The van der Waals surface area contributed by atoms with Crippen molar-refractivity contribution >= 4 is 13.3 Å². The van der Waals surface area contributed by atoms with Crippen molar-refractivity contribution in [3.05, 3.63) is 29.8 Å². The summed E-state index contributed by atoms with van der Waals surface area (Å²) < 4.78 is 10.6. The quantitative estimate of drug-likeness (QED) is 0.567. The van der Waals surface area contributed by atoms with E-state index in [2.05, 4.69) is 0 Å². The van der Waals surface area contributed by atoms with E-state index in [9.17, 15) is 0 Å². The molecular formula is C9H9BO2. The van der Waals surface area contributed by atoms with Crippen LogP contribution in [-0.2, 0) is 9.47 Å². The second-order valence-corrected chi connectivity index (χ2v) is 2.84. The molecule has 0 aliphatic carbocycles. The minimum Gasteiger partial charge on any atom is -0.320 e. The van der Waals surface area contributed by atoms with Gasteiger partial charge in [-0.05, 0) is 6.92 Å². The highest BCUT2D eigenvalue weighted by Gasteiger charge is 2.27. The predicted octanol–water partition coefficient (Wildman–Crippen LogP) is 0.872. The van der Waals surface area contributed by atoms with E-state index >= 15 is 0 Å². The Morgan fingerprint density at radius 1 is 1.17 bits per heavy atom. The van der Waals surface area contributed by atoms with Crippen molar-refractivity contribution in [2.75, 3.05) is 0 Å². The topological polar surface area (TPSA) is 18.5 Å². The molecule has 2 nitrogen and oxygen atoms in total. The normalized spacial score (nSPS) is 28.1. The van der Waals surface area contributed by atoms with Gasteiger partial charge in [-0.2, -0.15) is 0 Å². The Hall–Kier alpha value is -0.795. The maximum absolute atomic E-state index is 5.53. The number of rotatable bonds is 1. The Labute approximate surface area is 72.9 Å². The Bertz CT molecular complexity index is 264. The summed E-state index contributed by atoms with van der Waals surface area (Å²) in [5.74, 6) is 0. The Morgan fingerprint density at radius 2 is 1.75 bits per heavy atom. The van der Waals surface area contributed by atoms with Gasteiger partial charge < -0.3 is 9.47 Å². The van der Waals surface area contributed by atoms with E-state index in [0.29, 0.717) is 0 Å². The molecule has 1 aromatic carbocycles. The predicted molar refractivity (Wildman–Crippen MR) is 46.2 cm³/mol. The zero-order valence-electron chi connectivity index (χ0n) is 6.86. The van der Waals surface area contributed by atoms with Gasteiger partial charge >= 0.3 is 0 Å². The zero-order chi connectivity index (χ0) is 8.55. The van der Waals surface area contributed by atoms with Crippen molar-refractivity contribution in [3.63, 3.8) is 0 Å². The van der Waals surface area contributed by atoms with Crippen LogP contribution in [0.5, 0.6) is 0 Å². The van der Waals surface area contributed by atoms with Crippen LogP contribution >= 0.6 is 0 Å². The molecule has 1 aliphatic heterocycles. The largest absolute Gasteiger partial charge is 0.320 e. The third-order valence-corrected chi connectivity index (χ3v) is 1.84. The average molecular weight is 160 g/mol. The first-order chi connectivity index (χ1) is 5.75. The third kappa shape index (κ3) is 1.38. The molecule has 3 heteroatoms. The van der Waals surface area contributed by atoms with E-state index in [1.807, 2.05) is 31.2 Å². The van der Waals surface area contributed by atoms with Crippen molar-refractivity contribution in [1.82, 2.24) is 0 Å². The fraction of sp³-hybridized carbons (Fsp3) is 0.333. The molecule has 0 amide bonds. The summed E-state index contributed by atoms with van der Waals surface area (Å²) in [5, 5.41) is 0.